The van der Waals surface area contributed by atoms with Gasteiger partial charge in [-0.3, -0.25) is 4.90 Å². The van der Waals surface area contributed by atoms with Crippen LogP contribution in [-0.4, -0.2) is 46.7 Å². The second-order valence-corrected chi connectivity index (χ2v) is 5.63. The van der Waals surface area contributed by atoms with Crippen LogP contribution in [0.1, 0.15) is 33.1 Å². The van der Waals surface area contributed by atoms with Crippen LogP contribution in [0.2, 0.25) is 0 Å². The molecule has 1 rings (SSSR count). The average Bonchev–Trinajstić information content (AvgIpc) is 2.10. The number of rotatable bonds is 7. The van der Waals surface area contributed by atoms with Crippen molar-refractivity contribution in [2.75, 3.05) is 31.1 Å². The minimum Gasteiger partial charge on any atom is -0.387 e. The molecule has 1 fully saturated rings. The molecule has 3 heteroatoms. The Labute approximate surface area is 92.1 Å². The Morgan fingerprint density at radius 1 is 1.36 bits per heavy atom. The summed E-state index contributed by atoms with van der Waals surface area (Å²) in [6, 6.07) is 0. The van der Waals surface area contributed by atoms with Gasteiger partial charge in [0.25, 0.3) is 0 Å². The number of nitrogens with zero attached hydrogens (tertiary/aromatic N) is 1. The van der Waals surface area contributed by atoms with Gasteiger partial charge in [0.05, 0.1) is 5.60 Å². The van der Waals surface area contributed by atoms with E-state index in [2.05, 4.69) is 18.7 Å². The molecule has 84 valence electrons. The van der Waals surface area contributed by atoms with Gasteiger partial charge in [0.15, 0.2) is 0 Å². The van der Waals surface area contributed by atoms with Crippen molar-refractivity contribution in [1.82, 2.24) is 4.90 Å². The summed E-state index contributed by atoms with van der Waals surface area (Å²) in [6.07, 6.45) is 3.32. The Morgan fingerprint density at radius 3 is 2.64 bits per heavy atom. The van der Waals surface area contributed by atoms with E-state index >= 15 is 0 Å². The summed E-state index contributed by atoms with van der Waals surface area (Å²) >= 11 is 2.01. The van der Waals surface area contributed by atoms with E-state index in [1.807, 2.05) is 11.8 Å². The first kappa shape index (κ1) is 12.3. The smallest absolute Gasteiger partial charge is 0.0900 e. The molecule has 1 heterocycles. The van der Waals surface area contributed by atoms with E-state index in [0.717, 1.165) is 25.9 Å². The molecular weight excluding hydrogens is 194 g/mol. The van der Waals surface area contributed by atoms with Gasteiger partial charge in [-0.15, -0.1) is 0 Å². The van der Waals surface area contributed by atoms with Gasteiger partial charge in [-0.05, 0) is 30.9 Å². The fourth-order valence-corrected chi connectivity index (χ4v) is 2.72. The van der Waals surface area contributed by atoms with Gasteiger partial charge >= 0.3 is 0 Å². The van der Waals surface area contributed by atoms with Crippen LogP contribution in [-0.2, 0) is 0 Å². The minimum absolute atomic E-state index is 0.341. The molecule has 0 bridgehead atoms. The summed E-state index contributed by atoms with van der Waals surface area (Å²) in [5, 5.41) is 9.94. The highest BCUT2D eigenvalue weighted by atomic mass is 32.2. The Balaban J connectivity index is 1.98. The van der Waals surface area contributed by atoms with Crippen molar-refractivity contribution >= 4 is 11.8 Å². The Kier molecular flexibility index (Phi) is 5.28. The fraction of sp³-hybridized carbons (Fsp3) is 1.00. The number of hydrogen-bond donors (Lipinski definition) is 1. The largest absolute Gasteiger partial charge is 0.387 e. The van der Waals surface area contributed by atoms with Crippen LogP contribution in [0, 0.1) is 0 Å². The van der Waals surface area contributed by atoms with Crippen LogP contribution in [0.5, 0.6) is 0 Å². The summed E-state index contributed by atoms with van der Waals surface area (Å²) in [5.41, 5.74) is -0.341. The van der Waals surface area contributed by atoms with Crippen molar-refractivity contribution in [3.8, 4) is 0 Å². The molecular formula is C11H23NOS. The quantitative estimate of drug-likeness (QED) is 0.660. The van der Waals surface area contributed by atoms with Crippen molar-refractivity contribution in [1.29, 1.82) is 0 Å². The molecule has 0 aromatic rings. The molecule has 1 aliphatic heterocycles. The zero-order chi connectivity index (χ0) is 10.4. The fourth-order valence-electron chi connectivity index (χ4n) is 2.10. The highest BCUT2D eigenvalue weighted by Crippen LogP contribution is 2.25. The van der Waals surface area contributed by atoms with Crippen LogP contribution in [0.25, 0.3) is 0 Å². The lowest BCUT2D eigenvalue weighted by Gasteiger charge is -2.46. The molecule has 0 amide bonds. The predicted molar refractivity (Wildman–Crippen MR) is 63.9 cm³/mol. The first-order chi connectivity index (χ1) is 6.70. The first-order valence-electron chi connectivity index (χ1n) is 5.72. The molecule has 1 aliphatic rings. The summed E-state index contributed by atoms with van der Waals surface area (Å²) in [6.45, 7) is 7.31. The van der Waals surface area contributed by atoms with E-state index in [9.17, 15) is 5.11 Å². The van der Waals surface area contributed by atoms with E-state index in [4.69, 9.17) is 0 Å². The summed E-state index contributed by atoms with van der Waals surface area (Å²) in [7, 11) is 0. The molecule has 0 radical (unpaired) electrons. The lowest BCUT2D eigenvalue weighted by atomic mass is 9.89. The standard InChI is InChI=1S/C11H23NOS/c1-3-6-11(13)9-12(10-11)7-5-8-14-4-2/h13H,3-10H2,1-2H3. The molecule has 14 heavy (non-hydrogen) atoms. The third-order valence-electron chi connectivity index (χ3n) is 2.72. The van der Waals surface area contributed by atoms with Crippen molar-refractivity contribution in [3.63, 3.8) is 0 Å². The second kappa shape index (κ2) is 5.99. The van der Waals surface area contributed by atoms with Crippen molar-refractivity contribution in [2.24, 2.45) is 0 Å². The van der Waals surface area contributed by atoms with Gasteiger partial charge < -0.3 is 5.11 Å². The normalized spacial score (nSPS) is 20.8. The average molecular weight is 217 g/mol. The molecule has 0 unspecified atom stereocenters. The van der Waals surface area contributed by atoms with Gasteiger partial charge in [0.2, 0.25) is 0 Å². The predicted octanol–water partition coefficient (Wildman–Crippen LogP) is 1.98. The van der Waals surface area contributed by atoms with Crippen LogP contribution in [0.3, 0.4) is 0 Å². The molecule has 0 spiro atoms. The number of hydrogen-bond acceptors (Lipinski definition) is 3. The van der Waals surface area contributed by atoms with Gasteiger partial charge in [-0.2, -0.15) is 11.8 Å². The maximum Gasteiger partial charge on any atom is 0.0900 e. The van der Waals surface area contributed by atoms with Gasteiger partial charge in [-0.1, -0.05) is 20.3 Å². The topological polar surface area (TPSA) is 23.5 Å². The molecule has 2 nitrogen and oxygen atoms in total. The van der Waals surface area contributed by atoms with Crippen LogP contribution in [0.4, 0.5) is 0 Å². The van der Waals surface area contributed by atoms with E-state index in [1.165, 1.54) is 24.5 Å². The third kappa shape index (κ3) is 3.79. The number of likely N-dealkylation sites (tertiary alicyclic amines) is 1. The number of thioether (sulfide) groups is 1. The molecule has 0 atom stereocenters. The van der Waals surface area contributed by atoms with Crippen molar-refractivity contribution in [2.45, 2.75) is 38.7 Å². The summed E-state index contributed by atoms with van der Waals surface area (Å²) in [4.78, 5) is 2.37. The van der Waals surface area contributed by atoms with Crippen molar-refractivity contribution in [3.05, 3.63) is 0 Å². The molecule has 0 aromatic heterocycles. The van der Waals surface area contributed by atoms with Crippen molar-refractivity contribution < 1.29 is 5.11 Å². The van der Waals surface area contributed by atoms with Gasteiger partial charge in [0.1, 0.15) is 0 Å². The van der Waals surface area contributed by atoms with E-state index in [1.54, 1.807) is 0 Å². The van der Waals surface area contributed by atoms with E-state index in [-0.39, 0.29) is 5.60 Å². The Bertz CT molecular complexity index is 157. The maximum absolute atomic E-state index is 9.94. The molecule has 1 saturated heterocycles. The maximum atomic E-state index is 9.94. The van der Waals surface area contributed by atoms with Gasteiger partial charge in [0, 0.05) is 13.1 Å². The zero-order valence-corrected chi connectivity index (χ0v) is 10.3. The molecule has 0 aliphatic carbocycles. The highest BCUT2D eigenvalue weighted by molar-refractivity contribution is 7.99. The van der Waals surface area contributed by atoms with Crippen LogP contribution < -0.4 is 0 Å². The second-order valence-electron chi connectivity index (χ2n) is 4.24. The number of aliphatic hydroxyl groups is 1. The Hall–Kier alpha value is 0.270. The molecule has 0 aromatic carbocycles. The SMILES string of the molecule is CCCC1(O)CN(CCCSCC)C1. The zero-order valence-electron chi connectivity index (χ0n) is 9.46. The third-order valence-corrected chi connectivity index (χ3v) is 3.70. The van der Waals surface area contributed by atoms with E-state index in [0.29, 0.717) is 0 Å². The lowest BCUT2D eigenvalue weighted by molar-refractivity contribution is -0.102. The van der Waals surface area contributed by atoms with Gasteiger partial charge in [-0.25, -0.2) is 0 Å². The lowest BCUT2D eigenvalue weighted by Crippen LogP contribution is -2.61. The van der Waals surface area contributed by atoms with Crippen LogP contribution >= 0.6 is 11.8 Å². The summed E-state index contributed by atoms with van der Waals surface area (Å²) < 4.78 is 0. The highest BCUT2D eigenvalue weighted by Gasteiger charge is 2.39. The van der Waals surface area contributed by atoms with Crippen LogP contribution in [0.15, 0.2) is 0 Å². The van der Waals surface area contributed by atoms with E-state index < -0.39 is 0 Å². The minimum atomic E-state index is -0.341. The number of β-amino-alcohol motifs (C(OH)–C–C–N with tert-alkyl or cyclic N) is 1. The molecule has 0 saturated carbocycles. The monoisotopic (exact) mass is 217 g/mol. The molecule has 1 N–H and O–H groups in total. The Morgan fingerprint density at radius 2 is 2.07 bits per heavy atom. The summed E-state index contributed by atoms with van der Waals surface area (Å²) in [5.74, 6) is 2.49. The first-order valence-corrected chi connectivity index (χ1v) is 6.88.